The molecule has 0 atom stereocenters. The first kappa shape index (κ1) is 50.2. The molecule has 0 amide bonds. The van der Waals surface area contributed by atoms with Crippen LogP contribution in [0.2, 0.25) is 0 Å². The Morgan fingerprint density at radius 1 is 0.233 bits per heavy atom. The third-order valence-electron chi connectivity index (χ3n) is 16.7. The second-order valence-electron chi connectivity index (χ2n) is 21.7. The molecule has 0 bridgehead atoms. The summed E-state index contributed by atoms with van der Waals surface area (Å²) < 4.78 is 4.74. The molecule has 0 fully saturated rings. The molecule has 0 saturated carbocycles. The number of benzene rings is 13. The predicted molar refractivity (Wildman–Crippen MR) is 359 cm³/mol. The van der Waals surface area contributed by atoms with Crippen molar-refractivity contribution in [1.29, 1.82) is 0 Å². The highest BCUT2D eigenvalue weighted by Crippen LogP contribution is 2.47. The lowest BCUT2D eigenvalue weighted by atomic mass is 10.00. The van der Waals surface area contributed by atoms with Gasteiger partial charge in [0.1, 0.15) is 0 Å². The molecule has 6 nitrogen and oxygen atoms in total. The normalized spacial score (nSPS) is 11.5. The molecule has 404 valence electrons. The van der Waals surface area contributed by atoms with Gasteiger partial charge in [0.25, 0.3) is 0 Å². The number of fused-ring (bicyclic) bond motifs is 7. The number of nitrogens with zero attached hydrogens (tertiary/aromatic N) is 6. The van der Waals surface area contributed by atoms with Crippen LogP contribution in [0, 0.1) is 0 Å². The van der Waals surface area contributed by atoms with E-state index in [1.807, 2.05) is 12.1 Å². The average Bonchev–Trinajstić information content (AvgIpc) is 1.91. The van der Waals surface area contributed by atoms with Gasteiger partial charge < -0.3 is 18.9 Å². The Bertz CT molecular complexity index is 4830. The first-order valence-electron chi connectivity index (χ1n) is 29.2. The van der Waals surface area contributed by atoms with Crippen LogP contribution < -0.4 is 9.80 Å². The van der Waals surface area contributed by atoms with E-state index in [1.54, 1.807) is 0 Å². The molecule has 6 heteroatoms. The summed E-state index contributed by atoms with van der Waals surface area (Å²) in [6.07, 6.45) is 0. The van der Waals surface area contributed by atoms with Crippen molar-refractivity contribution in [3.05, 3.63) is 328 Å². The molecule has 13 aromatic carbocycles. The quantitative estimate of drug-likeness (QED) is 0.122. The maximum atomic E-state index is 5.44. The zero-order chi connectivity index (χ0) is 56.9. The van der Waals surface area contributed by atoms with Gasteiger partial charge in [-0.15, -0.1) is 0 Å². The Morgan fingerprint density at radius 2 is 0.558 bits per heavy atom. The maximum Gasteiger partial charge on any atom is 0.0973 e. The van der Waals surface area contributed by atoms with Gasteiger partial charge in [0.05, 0.1) is 55.9 Å². The largest absolute Gasteiger partial charge is 0.310 e. The van der Waals surface area contributed by atoms with Gasteiger partial charge in [0, 0.05) is 77.9 Å². The zero-order valence-electron chi connectivity index (χ0n) is 46.9. The highest BCUT2D eigenvalue weighted by molar-refractivity contribution is 6.12. The summed E-state index contributed by atoms with van der Waals surface area (Å²) in [5.74, 6) is 0. The molecule has 86 heavy (non-hydrogen) atoms. The minimum atomic E-state index is 0.806. The molecule has 0 aliphatic carbocycles. The van der Waals surface area contributed by atoms with Crippen LogP contribution in [-0.4, -0.2) is 19.1 Å². The van der Waals surface area contributed by atoms with Gasteiger partial charge in [-0.1, -0.05) is 206 Å². The molecule has 0 unspecified atom stereocenters. The van der Waals surface area contributed by atoms with Crippen molar-refractivity contribution in [3.63, 3.8) is 0 Å². The van der Waals surface area contributed by atoms with E-state index in [1.165, 1.54) is 32.6 Å². The Labute approximate surface area is 498 Å². The molecule has 3 aromatic heterocycles. The highest BCUT2D eigenvalue weighted by atomic mass is 15.2. The lowest BCUT2D eigenvalue weighted by Crippen LogP contribution is -2.11. The van der Waals surface area contributed by atoms with Gasteiger partial charge in [0.2, 0.25) is 0 Å². The van der Waals surface area contributed by atoms with Crippen molar-refractivity contribution in [2.24, 2.45) is 0 Å². The number of hydrogen-bond donors (Lipinski definition) is 0. The number of aromatic nitrogens is 4. The monoisotopic (exact) mass is 1100 g/mol. The summed E-state index contributed by atoms with van der Waals surface area (Å²) in [4.78, 5) is 15.7. The van der Waals surface area contributed by atoms with E-state index in [2.05, 4.69) is 334 Å². The molecule has 0 spiro atoms. The highest BCUT2D eigenvalue weighted by Gasteiger charge is 2.24. The van der Waals surface area contributed by atoms with Gasteiger partial charge in [-0.25, -0.2) is 9.97 Å². The van der Waals surface area contributed by atoms with E-state index >= 15 is 0 Å². The standard InChI is InChI=1S/C80H54N6/c1-5-23-55(24-6-1)65-31-13-19-37-73(65)83(63-49-51-77-69(53-63)67-33-15-21-39-75(67)85(77)59-27-9-3-10-28-59)61-45-41-57(42-46-61)79-80(82-72-36-18-17-35-71(72)81-79)58-43-47-62(48-44-58)84(74-38-20-14-32-66(74)56-25-7-2-8-26-56)64-50-52-78-70(54-64)68-34-16-22-40-76(68)86(78)60-29-11-4-12-30-60/h1-54H. The maximum absolute atomic E-state index is 5.44. The number of para-hydroxylation sites is 8. The number of rotatable bonds is 12. The average molecular weight is 1100 g/mol. The van der Waals surface area contributed by atoms with Crippen LogP contribution in [0.1, 0.15) is 0 Å². The van der Waals surface area contributed by atoms with Crippen molar-refractivity contribution in [3.8, 4) is 56.1 Å². The molecular formula is C80H54N6. The third kappa shape index (κ3) is 8.75. The molecule has 0 aliphatic rings. The van der Waals surface area contributed by atoms with Gasteiger partial charge in [-0.3, -0.25) is 0 Å². The molecule has 0 saturated heterocycles. The van der Waals surface area contributed by atoms with E-state index in [9.17, 15) is 0 Å². The molecule has 16 aromatic rings. The first-order chi connectivity index (χ1) is 42.7. The topological polar surface area (TPSA) is 42.1 Å². The van der Waals surface area contributed by atoms with Crippen molar-refractivity contribution in [1.82, 2.24) is 19.1 Å². The minimum absolute atomic E-state index is 0.806. The van der Waals surface area contributed by atoms with Crippen molar-refractivity contribution in [2.75, 3.05) is 9.80 Å². The van der Waals surface area contributed by atoms with E-state index < -0.39 is 0 Å². The van der Waals surface area contributed by atoms with Crippen LogP contribution in [0.3, 0.4) is 0 Å². The van der Waals surface area contributed by atoms with E-state index in [0.717, 1.165) is 112 Å². The summed E-state index contributed by atoms with van der Waals surface area (Å²) in [5.41, 5.74) is 22.9. The Balaban J connectivity index is 0.827. The van der Waals surface area contributed by atoms with E-state index in [0.29, 0.717) is 0 Å². The Hall–Kier alpha value is -11.6. The molecule has 3 heterocycles. The summed E-state index contributed by atoms with van der Waals surface area (Å²) >= 11 is 0. The lowest BCUT2D eigenvalue weighted by molar-refractivity contribution is 1.18. The summed E-state index contributed by atoms with van der Waals surface area (Å²) in [7, 11) is 0. The number of anilines is 6. The van der Waals surface area contributed by atoms with Gasteiger partial charge in [-0.2, -0.15) is 0 Å². The SMILES string of the molecule is c1ccc(-c2ccccc2N(c2ccc(-c3nc4ccccc4nc3-c3ccc(N(c4ccc5c(c4)c4ccccc4n5-c4ccccc4)c4ccccc4-c4ccccc4)cc3)cc2)c2ccc3c(c2)c2ccccc2n3-c2ccccc2)cc1. The van der Waals surface area contributed by atoms with Crippen LogP contribution in [0.5, 0.6) is 0 Å². The zero-order valence-corrected chi connectivity index (χ0v) is 46.9. The first-order valence-corrected chi connectivity index (χ1v) is 29.2. The van der Waals surface area contributed by atoms with Crippen LogP contribution in [-0.2, 0) is 0 Å². The van der Waals surface area contributed by atoms with Gasteiger partial charge in [-0.05, 0) is 132 Å². The predicted octanol–water partition coefficient (Wildman–Crippen LogP) is 21.4. The van der Waals surface area contributed by atoms with E-state index in [4.69, 9.17) is 9.97 Å². The van der Waals surface area contributed by atoms with Gasteiger partial charge in [0.15, 0.2) is 0 Å². The number of hydrogen-bond acceptors (Lipinski definition) is 4. The minimum Gasteiger partial charge on any atom is -0.310 e. The van der Waals surface area contributed by atoms with Crippen molar-refractivity contribution < 1.29 is 0 Å². The van der Waals surface area contributed by atoms with Crippen LogP contribution in [0.4, 0.5) is 34.1 Å². The molecule has 16 rings (SSSR count). The van der Waals surface area contributed by atoms with Crippen molar-refractivity contribution in [2.45, 2.75) is 0 Å². The second kappa shape index (κ2) is 21.3. The summed E-state index contributed by atoms with van der Waals surface area (Å²) in [6, 6.07) is 117. The summed E-state index contributed by atoms with van der Waals surface area (Å²) in [6.45, 7) is 0. The molecule has 0 aliphatic heterocycles. The van der Waals surface area contributed by atoms with Crippen LogP contribution in [0.15, 0.2) is 328 Å². The Kier molecular flexibility index (Phi) is 12.4. The van der Waals surface area contributed by atoms with E-state index in [-0.39, 0.29) is 0 Å². The smallest absolute Gasteiger partial charge is 0.0973 e. The Morgan fingerprint density at radius 3 is 0.977 bits per heavy atom. The fourth-order valence-electron chi connectivity index (χ4n) is 12.8. The third-order valence-corrected chi connectivity index (χ3v) is 16.7. The molecular weight excluding hydrogens is 1040 g/mol. The fraction of sp³-hybridized carbons (Fsp3) is 0. The van der Waals surface area contributed by atoms with Gasteiger partial charge >= 0.3 is 0 Å². The summed E-state index contributed by atoms with van der Waals surface area (Å²) in [5, 5.41) is 4.76. The second-order valence-corrected chi connectivity index (χ2v) is 21.7. The van der Waals surface area contributed by atoms with Crippen LogP contribution >= 0.6 is 0 Å². The molecule has 0 radical (unpaired) electrons. The van der Waals surface area contributed by atoms with Crippen LogP contribution in [0.25, 0.3) is 111 Å². The van der Waals surface area contributed by atoms with Crippen molar-refractivity contribution >= 4 is 88.8 Å². The fourth-order valence-corrected chi connectivity index (χ4v) is 12.8. The molecule has 0 N–H and O–H groups in total. The lowest BCUT2D eigenvalue weighted by Gasteiger charge is -2.28.